The second kappa shape index (κ2) is 6.49. The van der Waals surface area contributed by atoms with E-state index in [0.717, 1.165) is 10.8 Å². The third-order valence-electron chi connectivity index (χ3n) is 4.52. The summed E-state index contributed by atoms with van der Waals surface area (Å²) in [6.45, 7) is 0.595. The van der Waals surface area contributed by atoms with E-state index in [1.165, 1.54) is 0 Å². The van der Waals surface area contributed by atoms with Gasteiger partial charge in [0.1, 0.15) is 5.75 Å². The Morgan fingerprint density at radius 1 is 1.12 bits per heavy atom. The number of likely N-dealkylation sites (tertiary alicyclic amines) is 1. The van der Waals surface area contributed by atoms with Crippen LogP contribution in [0.25, 0.3) is 10.8 Å². The molecule has 0 radical (unpaired) electrons. The SMILES string of the molecule is NCC(=O)N1CCC(Oc2ccc3ccccc3c2)(C(=O)O)CC1. The number of hydrogen-bond acceptors (Lipinski definition) is 4. The number of aliphatic carboxylic acids is 1. The molecule has 0 spiro atoms. The number of piperidine rings is 1. The summed E-state index contributed by atoms with van der Waals surface area (Å²) < 4.78 is 5.91. The van der Waals surface area contributed by atoms with Gasteiger partial charge in [0, 0.05) is 25.9 Å². The summed E-state index contributed by atoms with van der Waals surface area (Å²) in [6, 6.07) is 13.4. The summed E-state index contributed by atoms with van der Waals surface area (Å²) in [5.74, 6) is -0.648. The van der Waals surface area contributed by atoms with Crippen molar-refractivity contribution in [3.05, 3.63) is 42.5 Å². The van der Waals surface area contributed by atoms with Crippen LogP contribution < -0.4 is 10.5 Å². The van der Waals surface area contributed by atoms with Crippen LogP contribution in [0, 0.1) is 0 Å². The lowest BCUT2D eigenvalue weighted by molar-refractivity contribution is -0.161. The molecule has 1 aliphatic rings. The molecule has 1 fully saturated rings. The van der Waals surface area contributed by atoms with Crippen LogP contribution >= 0.6 is 0 Å². The van der Waals surface area contributed by atoms with Gasteiger partial charge in [-0.05, 0) is 22.9 Å². The summed E-state index contributed by atoms with van der Waals surface area (Å²) in [6.07, 6.45) is 0.474. The fraction of sp³-hybridized carbons (Fsp3) is 0.333. The first-order chi connectivity index (χ1) is 11.5. The molecule has 0 aliphatic carbocycles. The molecule has 0 aromatic heterocycles. The van der Waals surface area contributed by atoms with Crippen LogP contribution in [0.2, 0.25) is 0 Å². The quantitative estimate of drug-likeness (QED) is 0.890. The van der Waals surface area contributed by atoms with E-state index in [9.17, 15) is 14.7 Å². The molecule has 3 N–H and O–H groups in total. The second-order valence-electron chi connectivity index (χ2n) is 6.00. The molecular weight excluding hydrogens is 308 g/mol. The highest BCUT2D eigenvalue weighted by Gasteiger charge is 2.44. The van der Waals surface area contributed by atoms with Crippen molar-refractivity contribution in [3.63, 3.8) is 0 Å². The Morgan fingerprint density at radius 2 is 1.79 bits per heavy atom. The number of amides is 1. The molecule has 6 nitrogen and oxygen atoms in total. The Labute approximate surface area is 139 Å². The van der Waals surface area contributed by atoms with Gasteiger partial charge in [0.25, 0.3) is 0 Å². The van der Waals surface area contributed by atoms with E-state index in [1.807, 2.05) is 36.4 Å². The fourth-order valence-corrected chi connectivity index (χ4v) is 3.06. The molecule has 24 heavy (non-hydrogen) atoms. The lowest BCUT2D eigenvalue weighted by Crippen LogP contribution is -2.55. The zero-order valence-corrected chi connectivity index (χ0v) is 13.3. The maximum absolute atomic E-state index is 11.8. The average Bonchev–Trinajstić information content (AvgIpc) is 2.61. The maximum atomic E-state index is 11.8. The zero-order chi connectivity index (χ0) is 17.2. The molecule has 1 aliphatic heterocycles. The fourth-order valence-electron chi connectivity index (χ4n) is 3.06. The molecule has 126 valence electrons. The number of ether oxygens (including phenoxy) is 1. The number of carboxylic acid groups (broad SMARTS) is 1. The molecule has 0 saturated carbocycles. The molecule has 1 amide bonds. The first kappa shape index (κ1) is 16.3. The number of carboxylic acids is 1. The van der Waals surface area contributed by atoms with Gasteiger partial charge in [-0.2, -0.15) is 0 Å². The summed E-state index contributed by atoms with van der Waals surface area (Å²) in [5, 5.41) is 11.8. The van der Waals surface area contributed by atoms with Crippen LogP contribution in [0.15, 0.2) is 42.5 Å². The van der Waals surface area contributed by atoms with Gasteiger partial charge < -0.3 is 20.5 Å². The Bertz CT molecular complexity index is 766. The molecule has 3 rings (SSSR count). The summed E-state index contributed by atoms with van der Waals surface area (Å²) in [4.78, 5) is 25.1. The molecule has 2 aromatic rings. The molecule has 1 heterocycles. The molecule has 6 heteroatoms. The normalized spacial score (nSPS) is 16.8. The first-order valence-electron chi connectivity index (χ1n) is 7.93. The highest BCUT2D eigenvalue weighted by atomic mass is 16.5. The summed E-state index contributed by atoms with van der Waals surface area (Å²) >= 11 is 0. The summed E-state index contributed by atoms with van der Waals surface area (Å²) in [5.41, 5.74) is 4.06. The van der Waals surface area contributed by atoms with Crippen molar-refractivity contribution >= 4 is 22.6 Å². The third kappa shape index (κ3) is 3.05. The van der Waals surface area contributed by atoms with Gasteiger partial charge in [0.05, 0.1) is 6.54 Å². The second-order valence-corrected chi connectivity index (χ2v) is 6.00. The highest BCUT2D eigenvalue weighted by molar-refractivity contribution is 5.84. The van der Waals surface area contributed by atoms with Gasteiger partial charge >= 0.3 is 5.97 Å². The Kier molecular flexibility index (Phi) is 4.40. The van der Waals surface area contributed by atoms with Gasteiger partial charge in [-0.1, -0.05) is 30.3 Å². The number of rotatable bonds is 4. The zero-order valence-electron chi connectivity index (χ0n) is 13.3. The van der Waals surface area contributed by atoms with Crippen LogP contribution in [0.1, 0.15) is 12.8 Å². The van der Waals surface area contributed by atoms with Gasteiger partial charge in [-0.3, -0.25) is 4.79 Å². The molecule has 1 saturated heterocycles. The van der Waals surface area contributed by atoms with Gasteiger partial charge in [0.15, 0.2) is 0 Å². The lowest BCUT2D eigenvalue weighted by Gasteiger charge is -2.38. The van der Waals surface area contributed by atoms with E-state index in [1.54, 1.807) is 11.0 Å². The number of fused-ring (bicyclic) bond motifs is 1. The smallest absolute Gasteiger partial charge is 0.348 e. The first-order valence-corrected chi connectivity index (χ1v) is 7.93. The maximum Gasteiger partial charge on any atom is 0.348 e. The Morgan fingerprint density at radius 3 is 2.42 bits per heavy atom. The number of hydrogen-bond donors (Lipinski definition) is 2. The highest BCUT2D eigenvalue weighted by Crippen LogP contribution is 2.31. The van der Waals surface area contributed by atoms with Crippen molar-refractivity contribution in [1.29, 1.82) is 0 Å². The molecular formula is C18H20N2O4. The van der Waals surface area contributed by atoms with Gasteiger partial charge in [-0.15, -0.1) is 0 Å². The van der Waals surface area contributed by atoms with Crippen LogP contribution in [0.5, 0.6) is 5.75 Å². The van der Waals surface area contributed by atoms with E-state index in [4.69, 9.17) is 10.5 Å². The van der Waals surface area contributed by atoms with E-state index >= 15 is 0 Å². The van der Waals surface area contributed by atoms with E-state index in [0.29, 0.717) is 18.8 Å². The number of benzene rings is 2. The van der Waals surface area contributed by atoms with Crippen molar-refractivity contribution in [2.24, 2.45) is 5.73 Å². The van der Waals surface area contributed by atoms with Crippen LogP contribution in [0.3, 0.4) is 0 Å². The Hall–Kier alpha value is -2.60. The predicted molar refractivity (Wildman–Crippen MR) is 89.8 cm³/mol. The molecule has 2 aromatic carbocycles. The van der Waals surface area contributed by atoms with E-state index in [2.05, 4.69) is 0 Å². The third-order valence-corrected chi connectivity index (χ3v) is 4.52. The largest absolute Gasteiger partial charge is 0.478 e. The van der Waals surface area contributed by atoms with Crippen molar-refractivity contribution in [2.45, 2.75) is 18.4 Å². The minimum Gasteiger partial charge on any atom is -0.478 e. The van der Waals surface area contributed by atoms with Crippen LogP contribution in [-0.4, -0.2) is 47.1 Å². The number of carbonyl (C=O) groups is 2. The summed E-state index contributed by atoms with van der Waals surface area (Å²) in [7, 11) is 0. The van der Waals surface area contributed by atoms with E-state index < -0.39 is 11.6 Å². The molecule has 0 bridgehead atoms. The van der Waals surface area contributed by atoms with Crippen molar-refractivity contribution in [3.8, 4) is 5.75 Å². The number of nitrogens with two attached hydrogens (primary N) is 1. The standard InChI is InChI=1S/C18H20N2O4/c19-12-16(21)20-9-7-18(8-10-20,17(22)23)24-15-6-5-13-3-1-2-4-14(13)11-15/h1-6,11H,7-10,12,19H2,(H,22,23). The number of carbonyl (C=O) groups excluding carboxylic acids is 1. The molecule has 0 unspecified atom stereocenters. The van der Waals surface area contributed by atoms with Crippen molar-refractivity contribution in [1.82, 2.24) is 4.90 Å². The lowest BCUT2D eigenvalue weighted by atomic mass is 9.91. The topological polar surface area (TPSA) is 92.9 Å². The van der Waals surface area contributed by atoms with Crippen molar-refractivity contribution in [2.75, 3.05) is 19.6 Å². The monoisotopic (exact) mass is 328 g/mol. The minimum absolute atomic E-state index is 0.0639. The van der Waals surface area contributed by atoms with Crippen molar-refractivity contribution < 1.29 is 19.4 Å². The molecule has 0 atom stereocenters. The predicted octanol–water partition coefficient (Wildman–Crippen LogP) is 1.62. The Balaban J connectivity index is 1.81. The van der Waals surface area contributed by atoms with E-state index in [-0.39, 0.29) is 25.3 Å². The van der Waals surface area contributed by atoms with Gasteiger partial charge in [-0.25, -0.2) is 4.79 Å². The number of nitrogens with zero attached hydrogens (tertiary/aromatic N) is 1. The van der Waals surface area contributed by atoms with Crippen LogP contribution in [-0.2, 0) is 9.59 Å². The van der Waals surface area contributed by atoms with Gasteiger partial charge in [0.2, 0.25) is 11.5 Å². The average molecular weight is 328 g/mol. The van der Waals surface area contributed by atoms with Crippen LogP contribution in [0.4, 0.5) is 0 Å². The minimum atomic E-state index is -1.31.